The number of phenolic OH excluding ortho intramolecular Hbond substituents is 1. The van der Waals surface area contributed by atoms with Crippen molar-refractivity contribution in [2.75, 3.05) is 6.54 Å². The lowest BCUT2D eigenvalue weighted by atomic mass is 10.0. The zero-order valence-electron chi connectivity index (χ0n) is 20.3. The van der Waals surface area contributed by atoms with Gasteiger partial charge in [-0.3, -0.25) is 4.79 Å². The summed E-state index contributed by atoms with van der Waals surface area (Å²) < 4.78 is 0. The molecule has 0 saturated heterocycles. The van der Waals surface area contributed by atoms with E-state index in [4.69, 9.17) is 0 Å². The molecule has 0 aliphatic rings. The van der Waals surface area contributed by atoms with Gasteiger partial charge in [0.05, 0.1) is 0 Å². The Balaban J connectivity index is 1.88. The molecule has 0 heterocycles. The van der Waals surface area contributed by atoms with Crippen LogP contribution >= 0.6 is 0 Å². The van der Waals surface area contributed by atoms with Crippen LogP contribution in [0.15, 0.2) is 29.8 Å². The number of carbonyl (C=O) groups excluding carboxylic acids is 1. The van der Waals surface area contributed by atoms with Gasteiger partial charge in [-0.2, -0.15) is 0 Å². The minimum atomic E-state index is -0.00552. The molecule has 1 rings (SSSR count). The summed E-state index contributed by atoms with van der Waals surface area (Å²) >= 11 is 0. The van der Waals surface area contributed by atoms with Crippen molar-refractivity contribution >= 4 is 12.0 Å². The number of phenols is 1. The van der Waals surface area contributed by atoms with Gasteiger partial charge in [-0.15, -0.1) is 0 Å². The molecule has 0 bridgehead atoms. The van der Waals surface area contributed by atoms with Gasteiger partial charge in [0, 0.05) is 12.1 Å². The molecule has 1 aromatic carbocycles. The van der Waals surface area contributed by atoms with Gasteiger partial charge in [-0.1, -0.05) is 115 Å². The van der Waals surface area contributed by atoms with E-state index >= 15 is 0 Å². The molecule has 0 radical (unpaired) electrons. The molecule has 0 unspecified atom stereocenters. The van der Waals surface area contributed by atoms with E-state index < -0.39 is 0 Å². The molecule has 0 spiro atoms. The van der Waals surface area contributed by atoms with Crippen LogP contribution < -0.4 is 5.32 Å². The Kier molecular flexibility index (Phi) is 16.7. The lowest BCUT2D eigenvalue weighted by molar-refractivity contribution is -0.117. The maximum absolute atomic E-state index is 12.1. The molecule has 3 heteroatoms. The SMILES string of the molecule is CCCCCCCCCCCCCCCCCCNC(=O)C(C)=Cc1ccc(O)cc1. The average Bonchev–Trinajstić information content (AvgIpc) is 2.77. The maximum atomic E-state index is 12.1. The second kappa shape index (κ2) is 19.0. The third kappa shape index (κ3) is 15.6. The molecule has 1 amide bonds. The smallest absolute Gasteiger partial charge is 0.246 e. The summed E-state index contributed by atoms with van der Waals surface area (Å²) in [7, 11) is 0. The van der Waals surface area contributed by atoms with Crippen LogP contribution in [0.1, 0.15) is 122 Å². The highest BCUT2D eigenvalue weighted by Gasteiger charge is 2.03. The van der Waals surface area contributed by atoms with E-state index in [1.165, 1.54) is 96.3 Å². The number of hydrogen-bond acceptors (Lipinski definition) is 2. The second-order valence-corrected chi connectivity index (χ2v) is 8.98. The third-order valence-corrected chi connectivity index (χ3v) is 5.95. The predicted molar refractivity (Wildman–Crippen MR) is 134 cm³/mol. The van der Waals surface area contributed by atoms with Gasteiger partial charge in [0.15, 0.2) is 0 Å². The minimum Gasteiger partial charge on any atom is -0.508 e. The fourth-order valence-electron chi connectivity index (χ4n) is 3.90. The molecule has 2 N–H and O–H groups in total. The predicted octanol–water partition coefficient (Wildman–Crippen LogP) is 8.17. The highest BCUT2D eigenvalue weighted by molar-refractivity contribution is 5.97. The van der Waals surface area contributed by atoms with Gasteiger partial charge in [-0.05, 0) is 37.1 Å². The van der Waals surface area contributed by atoms with Crippen LogP contribution in [-0.2, 0) is 4.79 Å². The quantitative estimate of drug-likeness (QED) is 0.172. The number of carbonyl (C=O) groups is 1. The molecule has 31 heavy (non-hydrogen) atoms. The summed E-state index contributed by atoms with van der Waals surface area (Å²) in [5.74, 6) is 0.233. The Bertz CT molecular complexity index is 592. The fraction of sp³-hybridized carbons (Fsp3) is 0.679. The average molecular weight is 430 g/mol. The molecule has 0 atom stereocenters. The molecule has 0 fully saturated rings. The Morgan fingerprint density at radius 1 is 0.742 bits per heavy atom. The maximum Gasteiger partial charge on any atom is 0.246 e. The van der Waals surface area contributed by atoms with Gasteiger partial charge in [-0.25, -0.2) is 0 Å². The molecule has 0 aliphatic carbocycles. The summed E-state index contributed by atoms with van der Waals surface area (Å²) in [6, 6.07) is 6.88. The lowest BCUT2D eigenvalue weighted by Crippen LogP contribution is -2.25. The molecule has 1 aromatic rings. The van der Waals surface area contributed by atoms with Crippen LogP contribution in [0.4, 0.5) is 0 Å². The molecule has 0 aliphatic heterocycles. The zero-order valence-corrected chi connectivity index (χ0v) is 20.3. The summed E-state index contributed by atoms with van der Waals surface area (Å²) in [5.41, 5.74) is 1.62. The number of nitrogens with one attached hydrogen (secondary N) is 1. The topological polar surface area (TPSA) is 49.3 Å². The first-order chi connectivity index (χ1) is 15.1. The number of unbranched alkanes of at least 4 members (excludes halogenated alkanes) is 15. The normalized spacial score (nSPS) is 11.6. The van der Waals surface area contributed by atoms with Crippen molar-refractivity contribution in [2.24, 2.45) is 0 Å². The largest absolute Gasteiger partial charge is 0.508 e. The second-order valence-electron chi connectivity index (χ2n) is 8.98. The molecular weight excluding hydrogens is 382 g/mol. The number of aromatic hydroxyl groups is 1. The molecule has 0 aromatic heterocycles. The number of rotatable bonds is 19. The number of hydrogen-bond donors (Lipinski definition) is 2. The van der Waals surface area contributed by atoms with Crippen molar-refractivity contribution in [3.05, 3.63) is 35.4 Å². The van der Waals surface area contributed by atoms with Crippen LogP contribution in [0.3, 0.4) is 0 Å². The first-order valence-electron chi connectivity index (χ1n) is 12.9. The van der Waals surface area contributed by atoms with E-state index in [-0.39, 0.29) is 11.7 Å². The van der Waals surface area contributed by atoms with E-state index in [1.807, 2.05) is 25.1 Å². The van der Waals surface area contributed by atoms with Gasteiger partial charge in [0.1, 0.15) is 5.75 Å². The lowest BCUT2D eigenvalue weighted by Gasteiger charge is -2.06. The fourth-order valence-corrected chi connectivity index (χ4v) is 3.90. The van der Waals surface area contributed by atoms with Crippen molar-refractivity contribution in [1.29, 1.82) is 0 Å². The summed E-state index contributed by atoms with van der Waals surface area (Å²) in [5, 5.41) is 12.3. The van der Waals surface area contributed by atoms with Crippen LogP contribution in [0.2, 0.25) is 0 Å². The van der Waals surface area contributed by atoms with Gasteiger partial charge >= 0.3 is 0 Å². The monoisotopic (exact) mass is 429 g/mol. The summed E-state index contributed by atoms with van der Waals surface area (Å²) in [6.45, 7) is 4.86. The van der Waals surface area contributed by atoms with Crippen molar-refractivity contribution in [3.63, 3.8) is 0 Å². The molecular formula is C28H47NO2. The van der Waals surface area contributed by atoms with E-state index in [1.54, 1.807) is 12.1 Å². The van der Waals surface area contributed by atoms with Gasteiger partial charge in [0.2, 0.25) is 5.91 Å². The van der Waals surface area contributed by atoms with Crippen LogP contribution in [-0.4, -0.2) is 17.6 Å². The van der Waals surface area contributed by atoms with Crippen molar-refractivity contribution in [3.8, 4) is 5.75 Å². The molecule has 3 nitrogen and oxygen atoms in total. The number of benzene rings is 1. The summed E-state index contributed by atoms with van der Waals surface area (Å²) in [6.07, 6.45) is 23.6. The van der Waals surface area contributed by atoms with Crippen LogP contribution in [0, 0.1) is 0 Å². The van der Waals surface area contributed by atoms with E-state index in [2.05, 4.69) is 12.2 Å². The Morgan fingerprint density at radius 2 is 1.16 bits per heavy atom. The van der Waals surface area contributed by atoms with E-state index in [0.717, 1.165) is 18.5 Å². The minimum absolute atomic E-state index is 0.00552. The highest BCUT2D eigenvalue weighted by atomic mass is 16.3. The van der Waals surface area contributed by atoms with Crippen molar-refractivity contribution in [1.82, 2.24) is 5.32 Å². The number of amides is 1. The first-order valence-corrected chi connectivity index (χ1v) is 12.9. The Morgan fingerprint density at radius 3 is 1.61 bits per heavy atom. The van der Waals surface area contributed by atoms with E-state index in [9.17, 15) is 9.90 Å². The summed E-state index contributed by atoms with van der Waals surface area (Å²) in [4.78, 5) is 12.1. The third-order valence-electron chi connectivity index (χ3n) is 5.95. The van der Waals surface area contributed by atoms with Gasteiger partial charge in [0.25, 0.3) is 0 Å². The first kappa shape index (κ1) is 27.3. The highest BCUT2D eigenvalue weighted by Crippen LogP contribution is 2.14. The Labute approximate surface area is 191 Å². The van der Waals surface area contributed by atoms with E-state index in [0.29, 0.717) is 5.57 Å². The standard InChI is InChI=1S/C28H47NO2/c1-3-4-5-6-7-8-9-10-11-12-13-14-15-16-17-18-23-29-28(31)25(2)24-26-19-21-27(30)22-20-26/h19-22,24,30H,3-18,23H2,1-2H3,(H,29,31). The van der Waals surface area contributed by atoms with Gasteiger partial charge < -0.3 is 10.4 Å². The van der Waals surface area contributed by atoms with Crippen molar-refractivity contribution in [2.45, 2.75) is 117 Å². The zero-order chi connectivity index (χ0) is 22.6. The molecule has 0 saturated carbocycles. The van der Waals surface area contributed by atoms with Crippen LogP contribution in [0.5, 0.6) is 5.75 Å². The molecule has 176 valence electrons. The van der Waals surface area contributed by atoms with Crippen LogP contribution in [0.25, 0.3) is 6.08 Å². The Hall–Kier alpha value is -1.77. The van der Waals surface area contributed by atoms with Crippen molar-refractivity contribution < 1.29 is 9.90 Å².